The third kappa shape index (κ3) is 4.63. The van der Waals surface area contributed by atoms with Gasteiger partial charge in [-0.1, -0.05) is 29.8 Å². The molecule has 4 nitrogen and oxygen atoms in total. The summed E-state index contributed by atoms with van der Waals surface area (Å²) in [5, 5.41) is 5.02. The van der Waals surface area contributed by atoms with Gasteiger partial charge in [0.2, 0.25) is 11.8 Å². The number of carbonyl (C=O) groups excluding carboxylic acids is 2. The van der Waals surface area contributed by atoms with Crippen LogP contribution in [0.15, 0.2) is 18.2 Å². The van der Waals surface area contributed by atoms with E-state index in [9.17, 15) is 14.0 Å². The molecule has 0 aliphatic carbocycles. The average molecular weight is 331 g/mol. The first-order chi connectivity index (χ1) is 8.81. The van der Waals surface area contributed by atoms with Crippen LogP contribution in [-0.4, -0.2) is 16.6 Å². The Hall–Kier alpha value is -1.43. The molecular weight excluding hydrogens is 315 g/mol. The first kappa shape index (κ1) is 15.6. The summed E-state index contributed by atoms with van der Waals surface area (Å²) in [6, 6.07) is 4.02. The quantitative estimate of drug-likeness (QED) is 0.833. The Morgan fingerprint density at radius 1 is 1.26 bits per heavy atom. The fraction of sp³-hybridized carbons (Fsp3) is 0.385. The Balaban J connectivity index is 2.85. The number of hydrogen-bond acceptors (Lipinski definition) is 2. The van der Waals surface area contributed by atoms with Crippen LogP contribution in [0.25, 0.3) is 0 Å². The second-order valence-corrected chi connectivity index (χ2v) is 5.50. The molecule has 2 N–H and O–H groups in total. The summed E-state index contributed by atoms with van der Waals surface area (Å²) < 4.78 is 13.4. The van der Waals surface area contributed by atoms with E-state index in [1.54, 1.807) is 0 Å². The van der Waals surface area contributed by atoms with Gasteiger partial charge in [-0.25, -0.2) is 4.39 Å². The van der Waals surface area contributed by atoms with Gasteiger partial charge in [0.1, 0.15) is 5.82 Å². The zero-order valence-corrected chi connectivity index (χ0v) is 12.5. The Morgan fingerprint density at radius 2 is 1.89 bits per heavy atom. The summed E-state index contributed by atoms with van der Waals surface area (Å²) in [5.41, 5.74) is 0.473. The molecule has 0 fully saturated rings. The highest BCUT2D eigenvalue weighted by Gasteiger charge is 2.19. The molecule has 1 aromatic rings. The van der Waals surface area contributed by atoms with Crippen molar-refractivity contribution >= 4 is 39.1 Å². The third-order valence-corrected chi connectivity index (χ3v) is 3.85. The normalized spacial score (nSPS) is 12.1. The molecule has 1 rings (SSSR count). The van der Waals surface area contributed by atoms with E-state index in [-0.39, 0.29) is 28.2 Å². The van der Waals surface area contributed by atoms with Crippen molar-refractivity contribution in [2.75, 3.05) is 10.6 Å². The van der Waals surface area contributed by atoms with E-state index in [1.165, 1.54) is 25.1 Å². The standard InChI is InChI=1S/C13H16BrFN2O2/c1-7(2)12(14)13(19)17-9-4-5-10(15)11(6-9)16-8(3)18/h4-7,12H,1-3H3,(H,16,18)(H,17,19). The van der Waals surface area contributed by atoms with E-state index >= 15 is 0 Å². The van der Waals surface area contributed by atoms with Crippen molar-refractivity contribution < 1.29 is 14.0 Å². The monoisotopic (exact) mass is 330 g/mol. The number of alkyl halides is 1. The third-order valence-electron chi connectivity index (χ3n) is 2.38. The maximum atomic E-state index is 13.4. The minimum atomic E-state index is -0.549. The average Bonchev–Trinajstić information content (AvgIpc) is 2.31. The lowest BCUT2D eigenvalue weighted by Gasteiger charge is -2.14. The molecule has 0 saturated heterocycles. The van der Waals surface area contributed by atoms with Crippen molar-refractivity contribution in [3.05, 3.63) is 24.0 Å². The van der Waals surface area contributed by atoms with Crippen LogP contribution in [0.3, 0.4) is 0 Å². The molecule has 6 heteroatoms. The zero-order chi connectivity index (χ0) is 14.6. The number of halogens is 2. The largest absolute Gasteiger partial charge is 0.325 e. The van der Waals surface area contributed by atoms with Gasteiger partial charge in [-0.15, -0.1) is 0 Å². The molecule has 0 heterocycles. The van der Waals surface area contributed by atoms with Crippen LogP contribution < -0.4 is 10.6 Å². The van der Waals surface area contributed by atoms with Crippen LogP contribution >= 0.6 is 15.9 Å². The molecule has 0 aliphatic rings. The Labute approximate surface area is 119 Å². The lowest BCUT2D eigenvalue weighted by Crippen LogP contribution is -2.27. The zero-order valence-electron chi connectivity index (χ0n) is 11.0. The first-order valence-corrected chi connectivity index (χ1v) is 6.75. The number of benzene rings is 1. The molecule has 104 valence electrons. The van der Waals surface area contributed by atoms with E-state index in [2.05, 4.69) is 26.6 Å². The molecule has 0 aliphatic heterocycles. The SMILES string of the molecule is CC(=O)Nc1cc(NC(=O)C(Br)C(C)C)ccc1F. The number of carbonyl (C=O) groups is 2. The van der Waals surface area contributed by atoms with Gasteiger partial charge in [0.05, 0.1) is 10.5 Å². The van der Waals surface area contributed by atoms with Crippen molar-refractivity contribution in [2.45, 2.75) is 25.6 Å². The molecule has 1 atom stereocenters. The lowest BCUT2D eigenvalue weighted by molar-refractivity contribution is -0.116. The maximum Gasteiger partial charge on any atom is 0.238 e. The summed E-state index contributed by atoms with van der Waals surface area (Å²) in [5.74, 6) is -0.999. The predicted molar refractivity (Wildman–Crippen MR) is 76.9 cm³/mol. The summed E-state index contributed by atoms with van der Waals surface area (Å²) in [4.78, 5) is 22.4. The maximum absolute atomic E-state index is 13.4. The second kappa shape index (κ2) is 6.65. The molecule has 0 aromatic heterocycles. The highest BCUT2D eigenvalue weighted by molar-refractivity contribution is 9.10. The Kier molecular flexibility index (Phi) is 5.47. The van der Waals surface area contributed by atoms with Gasteiger partial charge < -0.3 is 10.6 Å². The topological polar surface area (TPSA) is 58.2 Å². The molecule has 1 aromatic carbocycles. The van der Waals surface area contributed by atoms with Crippen LogP contribution in [0.5, 0.6) is 0 Å². The van der Waals surface area contributed by atoms with E-state index in [0.29, 0.717) is 5.69 Å². The van der Waals surface area contributed by atoms with E-state index in [1.807, 2.05) is 13.8 Å². The molecule has 0 saturated carbocycles. The van der Waals surface area contributed by atoms with Gasteiger partial charge in [0.15, 0.2) is 0 Å². The molecule has 1 unspecified atom stereocenters. The number of nitrogens with one attached hydrogen (secondary N) is 2. The fourth-order valence-corrected chi connectivity index (χ4v) is 1.52. The summed E-state index contributed by atoms with van der Waals surface area (Å²) >= 11 is 3.28. The number of anilines is 2. The van der Waals surface area contributed by atoms with Crippen LogP contribution in [0, 0.1) is 11.7 Å². The summed E-state index contributed by atoms with van der Waals surface area (Å²) in [7, 11) is 0. The van der Waals surface area contributed by atoms with Crippen molar-refractivity contribution in [3.63, 3.8) is 0 Å². The Morgan fingerprint density at radius 3 is 2.42 bits per heavy atom. The smallest absolute Gasteiger partial charge is 0.238 e. The van der Waals surface area contributed by atoms with Gasteiger partial charge in [0.25, 0.3) is 0 Å². The molecule has 2 amide bonds. The number of rotatable bonds is 4. The molecule has 19 heavy (non-hydrogen) atoms. The van der Waals surface area contributed by atoms with Gasteiger partial charge >= 0.3 is 0 Å². The van der Waals surface area contributed by atoms with E-state index in [0.717, 1.165) is 0 Å². The van der Waals surface area contributed by atoms with Gasteiger partial charge in [-0.3, -0.25) is 9.59 Å². The van der Waals surface area contributed by atoms with Gasteiger partial charge in [0, 0.05) is 12.6 Å². The molecule has 0 spiro atoms. The van der Waals surface area contributed by atoms with Gasteiger partial charge in [-0.2, -0.15) is 0 Å². The minimum Gasteiger partial charge on any atom is -0.325 e. The van der Waals surface area contributed by atoms with Crippen molar-refractivity contribution in [3.8, 4) is 0 Å². The van der Waals surface area contributed by atoms with Crippen molar-refractivity contribution in [1.82, 2.24) is 0 Å². The summed E-state index contributed by atoms with van der Waals surface area (Å²) in [6.07, 6.45) is 0. The van der Waals surface area contributed by atoms with Crippen LogP contribution in [0.4, 0.5) is 15.8 Å². The highest BCUT2D eigenvalue weighted by atomic mass is 79.9. The predicted octanol–water partition coefficient (Wildman–Crippen LogP) is 3.14. The van der Waals surface area contributed by atoms with Crippen molar-refractivity contribution in [2.24, 2.45) is 5.92 Å². The van der Waals surface area contributed by atoms with E-state index < -0.39 is 5.82 Å². The second-order valence-electron chi connectivity index (χ2n) is 4.51. The molecule has 0 bridgehead atoms. The minimum absolute atomic E-state index is 0.0426. The molecular formula is C13H16BrFN2O2. The Bertz CT molecular complexity index is 492. The number of hydrogen-bond donors (Lipinski definition) is 2. The summed E-state index contributed by atoms with van der Waals surface area (Å²) in [6.45, 7) is 5.11. The molecule has 0 radical (unpaired) electrons. The first-order valence-electron chi connectivity index (χ1n) is 5.83. The van der Waals surface area contributed by atoms with Crippen LogP contribution in [-0.2, 0) is 9.59 Å². The van der Waals surface area contributed by atoms with Crippen molar-refractivity contribution in [1.29, 1.82) is 0 Å². The lowest BCUT2D eigenvalue weighted by atomic mass is 10.1. The number of amides is 2. The van der Waals surface area contributed by atoms with E-state index in [4.69, 9.17) is 0 Å². The fourth-order valence-electron chi connectivity index (χ4n) is 1.40. The highest BCUT2D eigenvalue weighted by Crippen LogP contribution is 2.21. The van der Waals surface area contributed by atoms with Crippen LogP contribution in [0.2, 0.25) is 0 Å². The van der Waals surface area contributed by atoms with Crippen LogP contribution in [0.1, 0.15) is 20.8 Å². The van der Waals surface area contributed by atoms with Gasteiger partial charge in [-0.05, 0) is 24.1 Å².